The monoisotopic (exact) mass is 159 g/mol. The Morgan fingerprint density at radius 2 is 2.25 bits per heavy atom. The lowest BCUT2D eigenvalue weighted by molar-refractivity contribution is -0.119. The fourth-order valence-electron chi connectivity index (χ4n) is 2.16. The Morgan fingerprint density at radius 3 is 3.00 bits per heavy atom. The van der Waals surface area contributed by atoms with E-state index in [-0.39, 0.29) is 5.41 Å². The van der Waals surface area contributed by atoms with Crippen molar-refractivity contribution < 1.29 is 4.79 Å². The van der Waals surface area contributed by atoms with Gasteiger partial charge in [-0.05, 0) is 24.5 Å². The zero-order valence-corrected chi connectivity index (χ0v) is 6.71. The number of carbonyl (C=O) groups excluding carboxylic acids is 1. The first-order valence-corrected chi connectivity index (χ1v) is 4.31. The molecule has 2 aliphatic carbocycles. The molecular weight excluding hydrogens is 150 g/mol. The molecule has 0 amide bonds. The lowest BCUT2D eigenvalue weighted by atomic mass is 9.99. The third kappa shape index (κ3) is 0.568. The van der Waals surface area contributed by atoms with Gasteiger partial charge in [-0.1, -0.05) is 6.07 Å². The maximum absolute atomic E-state index is 11.6. The first kappa shape index (κ1) is 6.35. The quantitative estimate of drug-likeness (QED) is 0.570. The number of fused-ring (bicyclic) bond motifs is 2. The Labute approximate surface area is 70.6 Å². The van der Waals surface area contributed by atoms with Gasteiger partial charge in [0.2, 0.25) is 0 Å². The van der Waals surface area contributed by atoms with Gasteiger partial charge < -0.3 is 0 Å². The van der Waals surface area contributed by atoms with Crippen LogP contribution in [-0.2, 0) is 16.6 Å². The standard InChI is InChI=1S/C10H9NO/c12-9-6-8-7(2-1-5-11-8)10(9)3-4-10/h1-2,5H,3-4,6H2. The van der Waals surface area contributed by atoms with Crippen molar-refractivity contribution >= 4 is 5.78 Å². The largest absolute Gasteiger partial charge is 0.298 e. The molecule has 2 aliphatic rings. The van der Waals surface area contributed by atoms with Crippen LogP contribution in [0.1, 0.15) is 24.1 Å². The summed E-state index contributed by atoms with van der Waals surface area (Å²) in [5.41, 5.74) is 2.15. The van der Waals surface area contributed by atoms with E-state index in [1.165, 1.54) is 5.56 Å². The fourth-order valence-corrected chi connectivity index (χ4v) is 2.16. The molecule has 0 aliphatic heterocycles. The molecule has 60 valence electrons. The van der Waals surface area contributed by atoms with Gasteiger partial charge in [-0.15, -0.1) is 0 Å². The second kappa shape index (κ2) is 1.76. The highest BCUT2D eigenvalue weighted by Crippen LogP contribution is 2.53. The van der Waals surface area contributed by atoms with E-state index in [0.717, 1.165) is 18.5 Å². The minimum Gasteiger partial charge on any atom is -0.298 e. The van der Waals surface area contributed by atoms with Gasteiger partial charge in [-0.3, -0.25) is 9.78 Å². The van der Waals surface area contributed by atoms with Crippen molar-refractivity contribution in [3.63, 3.8) is 0 Å². The normalized spacial score (nSPS) is 22.8. The predicted molar refractivity (Wildman–Crippen MR) is 43.9 cm³/mol. The van der Waals surface area contributed by atoms with Gasteiger partial charge in [0, 0.05) is 12.6 Å². The summed E-state index contributed by atoms with van der Waals surface area (Å²) in [5, 5.41) is 0. The number of hydrogen-bond donors (Lipinski definition) is 0. The SMILES string of the molecule is O=C1Cc2ncccc2C12CC2. The maximum Gasteiger partial charge on any atom is 0.149 e. The molecule has 1 heterocycles. The molecule has 0 saturated heterocycles. The smallest absolute Gasteiger partial charge is 0.149 e. The molecule has 1 aromatic rings. The predicted octanol–water partition coefficient (Wildman–Crippen LogP) is 1.24. The van der Waals surface area contributed by atoms with Crippen LogP contribution in [0.25, 0.3) is 0 Å². The number of nitrogens with zero attached hydrogens (tertiary/aromatic N) is 1. The van der Waals surface area contributed by atoms with Crippen molar-refractivity contribution in [1.82, 2.24) is 4.98 Å². The molecule has 0 bridgehead atoms. The van der Waals surface area contributed by atoms with E-state index in [4.69, 9.17) is 0 Å². The number of Topliss-reactive ketones (excluding diaryl/α,β-unsaturated/α-hetero) is 1. The van der Waals surface area contributed by atoms with E-state index in [1.54, 1.807) is 6.20 Å². The molecule has 1 aromatic heterocycles. The van der Waals surface area contributed by atoms with Crippen LogP contribution in [0.3, 0.4) is 0 Å². The highest BCUT2D eigenvalue weighted by atomic mass is 16.1. The van der Waals surface area contributed by atoms with Crippen LogP contribution in [0.15, 0.2) is 18.3 Å². The topological polar surface area (TPSA) is 30.0 Å². The maximum atomic E-state index is 11.6. The Kier molecular flexibility index (Phi) is 0.932. The number of aromatic nitrogens is 1. The van der Waals surface area contributed by atoms with Crippen molar-refractivity contribution in [2.24, 2.45) is 0 Å². The summed E-state index contributed by atoms with van der Waals surface area (Å²) in [6.45, 7) is 0. The summed E-state index contributed by atoms with van der Waals surface area (Å²) >= 11 is 0. The van der Waals surface area contributed by atoms with Gasteiger partial charge in [0.15, 0.2) is 0 Å². The van der Waals surface area contributed by atoms with Crippen molar-refractivity contribution in [1.29, 1.82) is 0 Å². The minimum absolute atomic E-state index is 0.0659. The van der Waals surface area contributed by atoms with E-state index in [1.807, 2.05) is 6.07 Å². The average molecular weight is 159 g/mol. The lowest BCUT2D eigenvalue weighted by Crippen LogP contribution is -2.13. The van der Waals surface area contributed by atoms with Crippen molar-refractivity contribution in [3.8, 4) is 0 Å². The summed E-state index contributed by atoms with van der Waals surface area (Å²) in [6.07, 6.45) is 4.43. The van der Waals surface area contributed by atoms with Crippen LogP contribution in [0.2, 0.25) is 0 Å². The second-order valence-corrected chi connectivity index (χ2v) is 3.68. The van der Waals surface area contributed by atoms with Crippen LogP contribution < -0.4 is 0 Å². The molecule has 0 aromatic carbocycles. The summed E-state index contributed by atoms with van der Waals surface area (Å²) in [6, 6.07) is 3.98. The third-order valence-electron chi connectivity index (χ3n) is 3.02. The molecule has 0 atom stereocenters. The van der Waals surface area contributed by atoms with Gasteiger partial charge in [0.05, 0.1) is 11.1 Å². The zero-order chi connectivity index (χ0) is 8.18. The minimum atomic E-state index is -0.0659. The van der Waals surface area contributed by atoms with Gasteiger partial charge in [-0.25, -0.2) is 0 Å². The molecule has 0 unspecified atom stereocenters. The molecule has 1 fully saturated rings. The Balaban J connectivity index is 2.26. The van der Waals surface area contributed by atoms with Crippen molar-refractivity contribution in [2.75, 3.05) is 0 Å². The van der Waals surface area contributed by atoms with E-state index in [0.29, 0.717) is 12.2 Å². The zero-order valence-electron chi connectivity index (χ0n) is 6.71. The molecule has 0 N–H and O–H groups in total. The van der Waals surface area contributed by atoms with Crippen LogP contribution in [0.4, 0.5) is 0 Å². The molecule has 3 rings (SSSR count). The molecule has 1 saturated carbocycles. The number of rotatable bonds is 0. The van der Waals surface area contributed by atoms with Gasteiger partial charge in [0.25, 0.3) is 0 Å². The summed E-state index contributed by atoms with van der Waals surface area (Å²) in [4.78, 5) is 15.8. The Morgan fingerprint density at radius 1 is 1.42 bits per heavy atom. The molecule has 1 spiro atoms. The molecule has 2 nitrogen and oxygen atoms in total. The summed E-state index contributed by atoms with van der Waals surface area (Å²) < 4.78 is 0. The van der Waals surface area contributed by atoms with Crippen molar-refractivity contribution in [2.45, 2.75) is 24.7 Å². The number of ketones is 1. The van der Waals surface area contributed by atoms with Crippen LogP contribution in [0, 0.1) is 0 Å². The number of hydrogen-bond acceptors (Lipinski definition) is 2. The molecule has 2 heteroatoms. The number of carbonyl (C=O) groups is 1. The first-order chi connectivity index (χ1) is 5.83. The number of pyridine rings is 1. The summed E-state index contributed by atoms with van der Waals surface area (Å²) in [5.74, 6) is 0.385. The van der Waals surface area contributed by atoms with Gasteiger partial charge in [-0.2, -0.15) is 0 Å². The Bertz CT molecular complexity index is 366. The van der Waals surface area contributed by atoms with Gasteiger partial charge >= 0.3 is 0 Å². The van der Waals surface area contributed by atoms with E-state index >= 15 is 0 Å². The van der Waals surface area contributed by atoms with E-state index in [2.05, 4.69) is 11.1 Å². The fraction of sp³-hybridized carbons (Fsp3) is 0.400. The molecule has 0 radical (unpaired) electrons. The second-order valence-electron chi connectivity index (χ2n) is 3.68. The van der Waals surface area contributed by atoms with E-state index < -0.39 is 0 Å². The summed E-state index contributed by atoms with van der Waals surface area (Å²) in [7, 11) is 0. The van der Waals surface area contributed by atoms with Crippen LogP contribution in [0.5, 0.6) is 0 Å². The van der Waals surface area contributed by atoms with Gasteiger partial charge in [0.1, 0.15) is 5.78 Å². The first-order valence-electron chi connectivity index (χ1n) is 4.31. The van der Waals surface area contributed by atoms with Crippen molar-refractivity contribution in [3.05, 3.63) is 29.6 Å². The van der Waals surface area contributed by atoms with E-state index in [9.17, 15) is 4.79 Å². The average Bonchev–Trinajstić information content (AvgIpc) is 2.80. The molecule has 12 heavy (non-hydrogen) atoms. The van der Waals surface area contributed by atoms with Crippen LogP contribution in [-0.4, -0.2) is 10.8 Å². The molecular formula is C10H9NO. The highest BCUT2D eigenvalue weighted by molar-refractivity contribution is 5.98. The van der Waals surface area contributed by atoms with Crippen LogP contribution >= 0.6 is 0 Å². The Hall–Kier alpha value is -1.18. The lowest BCUT2D eigenvalue weighted by Gasteiger charge is -2.03. The highest BCUT2D eigenvalue weighted by Gasteiger charge is 2.55. The third-order valence-corrected chi connectivity index (χ3v) is 3.02.